The third-order valence-corrected chi connectivity index (χ3v) is 5.66. The molecule has 2 amide bonds. The lowest BCUT2D eigenvalue weighted by Gasteiger charge is -2.40. The summed E-state index contributed by atoms with van der Waals surface area (Å²) in [7, 11) is 1.68. The smallest absolute Gasteiger partial charge is 0.253 e. The summed E-state index contributed by atoms with van der Waals surface area (Å²) in [5.41, 5.74) is 2.00. The predicted octanol–water partition coefficient (Wildman–Crippen LogP) is 2.84. The van der Waals surface area contributed by atoms with Gasteiger partial charge in [0.25, 0.3) is 5.91 Å². The molecule has 0 bridgehead atoms. The summed E-state index contributed by atoms with van der Waals surface area (Å²) >= 11 is 0. The monoisotopic (exact) mass is 372 g/mol. The molecule has 1 aliphatic carbocycles. The van der Waals surface area contributed by atoms with Crippen molar-refractivity contribution in [1.82, 2.24) is 9.80 Å². The van der Waals surface area contributed by atoms with E-state index < -0.39 is 0 Å². The van der Waals surface area contributed by atoms with Gasteiger partial charge in [0.05, 0.1) is 0 Å². The van der Waals surface area contributed by atoms with Crippen molar-refractivity contribution in [1.29, 1.82) is 0 Å². The van der Waals surface area contributed by atoms with Crippen LogP contribution in [-0.4, -0.2) is 61.0 Å². The highest BCUT2D eigenvalue weighted by Crippen LogP contribution is 2.40. The highest BCUT2D eigenvalue weighted by atomic mass is 16.5. The van der Waals surface area contributed by atoms with E-state index >= 15 is 0 Å². The summed E-state index contributed by atoms with van der Waals surface area (Å²) in [5, 5.41) is 0. The number of piperazine rings is 1. The third kappa shape index (κ3) is 4.70. The topological polar surface area (TPSA) is 49.9 Å². The van der Waals surface area contributed by atoms with Crippen LogP contribution in [0.25, 0.3) is 0 Å². The minimum Gasteiger partial charge on any atom is -0.384 e. The average molecular weight is 373 g/mol. The standard InChI is InChI=1S/C22H32N2O3/c1-15(2)11-17-5-7-18(8-6-17)21(25)23-9-10-24(16(3)13-23)22(26)20-12-19(20)14-27-4/h5-8,15-16,19-20H,9-14H2,1-4H3/t16-,19-,20+/m1/s1. The van der Waals surface area contributed by atoms with Crippen LogP contribution >= 0.6 is 0 Å². The van der Waals surface area contributed by atoms with E-state index in [2.05, 4.69) is 26.0 Å². The molecule has 1 heterocycles. The summed E-state index contributed by atoms with van der Waals surface area (Å²) in [6, 6.07) is 8.03. The number of benzene rings is 1. The Hall–Kier alpha value is -1.88. The second kappa shape index (κ2) is 8.42. The Bertz CT molecular complexity index is 671. The lowest BCUT2D eigenvalue weighted by molar-refractivity contribution is -0.137. The van der Waals surface area contributed by atoms with Crippen LogP contribution < -0.4 is 0 Å². The van der Waals surface area contributed by atoms with Crippen molar-refractivity contribution in [2.24, 2.45) is 17.8 Å². The lowest BCUT2D eigenvalue weighted by Crippen LogP contribution is -2.56. The van der Waals surface area contributed by atoms with E-state index in [0.29, 0.717) is 38.1 Å². The van der Waals surface area contributed by atoms with Crippen LogP contribution in [0.1, 0.15) is 43.1 Å². The molecule has 3 rings (SSSR count). The summed E-state index contributed by atoms with van der Waals surface area (Å²) in [6.45, 7) is 8.91. The Labute approximate surface area is 162 Å². The van der Waals surface area contributed by atoms with E-state index in [9.17, 15) is 9.59 Å². The summed E-state index contributed by atoms with van der Waals surface area (Å²) in [5.74, 6) is 1.39. The van der Waals surface area contributed by atoms with Gasteiger partial charge in [0.2, 0.25) is 5.91 Å². The fraction of sp³-hybridized carbons (Fsp3) is 0.636. The predicted molar refractivity (Wildman–Crippen MR) is 106 cm³/mol. The second-order valence-electron chi connectivity index (χ2n) is 8.48. The van der Waals surface area contributed by atoms with Gasteiger partial charge in [-0.1, -0.05) is 26.0 Å². The molecule has 0 N–H and O–H groups in total. The molecular formula is C22H32N2O3. The summed E-state index contributed by atoms with van der Waals surface area (Å²) in [6.07, 6.45) is 1.96. The first-order valence-electron chi connectivity index (χ1n) is 10.1. The van der Waals surface area contributed by atoms with Crippen LogP contribution in [0.4, 0.5) is 0 Å². The maximum absolute atomic E-state index is 12.8. The normalized spacial score (nSPS) is 25.0. The van der Waals surface area contributed by atoms with Gasteiger partial charge in [-0.15, -0.1) is 0 Å². The zero-order chi connectivity index (χ0) is 19.6. The van der Waals surface area contributed by atoms with Crippen LogP contribution in [-0.2, 0) is 16.0 Å². The average Bonchev–Trinajstić information content (AvgIpc) is 3.40. The Kier molecular flexibility index (Phi) is 6.20. The first-order valence-corrected chi connectivity index (χ1v) is 10.1. The molecule has 5 nitrogen and oxygen atoms in total. The van der Waals surface area contributed by atoms with Crippen molar-refractivity contribution >= 4 is 11.8 Å². The van der Waals surface area contributed by atoms with Gasteiger partial charge in [0.15, 0.2) is 0 Å². The molecule has 3 atom stereocenters. The molecule has 2 aliphatic rings. The molecule has 148 valence electrons. The van der Waals surface area contributed by atoms with E-state index in [1.165, 1.54) is 5.56 Å². The molecule has 1 aromatic rings. The molecule has 0 spiro atoms. The number of carbonyl (C=O) groups excluding carboxylic acids is 2. The third-order valence-electron chi connectivity index (χ3n) is 5.66. The second-order valence-corrected chi connectivity index (χ2v) is 8.48. The number of carbonyl (C=O) groups is 2. The van der Waals surface area contributed by atoms with Crippen molar-refractivity contribution < 1.29 is 14.3 Å². The zero-order valence-electron chi connectivity index (χ0n) is 17.0. The molecule has 1 saturated heterocycles. The van der Waals surface area contributed by atoms with Crippen LogP contribution in [0.5, 0.6) is 0 Å². The first kappa shape index (κ1) is 19.9. The van der Waals surface area contributed by atoms with Gasteiger partial charge in [-0.25, -0.2) is 0 Å². The van der Waals surface area contributed by atoms with E-state index in [-0.39, 0.29) is 23.8 Å². The number of hydrogen-bond acceptors (Lipinski definition) is 3. The molecule has 0 radical (unpaired) electrons. The number of nitrogens with zero attached hydrogens (tertiary/aromatic N) is 2. The van der Waals surface area contributed by atoms with Crippen molar-refractivity contribution in [3.05, 3.63) is 35.4 Å². The van der Waals surface area contributed by atoms with Crippen molar-refractivity contribution in [2.75, 3.05) is 33.4 Å². The molecule has 0 aromatic heterocycles. The fourth-order valence-corrected chi connectivity index (χ4v) is 4.07. The highest BCUT2D eigenvalue weighted by Gasteiger charge is 2.46. The summed E-state index contributed by atoms with van der Waals surface area (Å²) < 4.78 is 5.16. The Morgan fingerprint density at radius 3 is 2.48 bits per heavy atom. The van der Waals surface area contributed by atoms with Gasteiger partial charge in [-0.3, -0.25) is 9.59 Å². The largest absolute Gasteiger partial charge is 0.384 e. The van der Waals surface area contributed by atoms with E-state index in [4.69, 9.17) is 4.74 Å². The molecule has 1 saturated carbocycles. The Morgan fingerprint density at radius 2 is 1.89 bits per heavy atom. The van der Waals surface area contributed by atoms with Gasteiger partial charge in [-0.05, 0) is 49.3 Å². The van der Waals surface area contributed by atoms with Gasteiger partial charge < -0.3 is 14.5 Å². The SMILES string of the molecule is COC[C@H]1C[C@@H]1C(=O)N1CCN(C(=O)c2ccc(CC(C)C)cc2)C[C@H]1C. The van der Waals surface area contributed by atoms with E-state index in [0.717, 1.165) is 18.4 Å². The van der Waals surface area contributed by atoms with E-state index in [1.807, 2.05) is 28.9 Å². The Morgan fingerprint density at radius 1 is 1.19 bits per heavy atom. The molecule has 5 heteroatoms. The number of hydrogen-bond donors (Lipinski definition) is 0. The van der Waals surface area contributed by atoms with Gasteiger partial charge in [-0.2, -0.15) is 0 Å². The van der Waals surface area contributed by atoms with Gasteiger partial charge in [0.1, 0.15) is 0 Å². The maximum atomic E-state index is 12.8. The van der Waals surface area contributed by atoms with Crippen molar-refractivity contribution in [2.45, 2.75) is 39.7 Å². The van der Waals surface area contributed by atoms with Crippen LogP contribution in [0.15, 0.2) is 24.3 Å². The van der Waals surface area contributed by atoms with Gasteiger partial charge in [0, 0.05) is 50.9 Å². The minimum atomic E-state index is 0.0548. The lowest BCUT2D eigenvalue weighted by atomic mass is 10.0. The van der Waals surface area contributed by atoms with Crippen molar-refractivity contribution in [3.8, 4) is 0 Å². The van der Waals surface area contributed by atoms with Crippen molar-refractivity contribution in [3.63, 3.8) is 0 Å². The summed E-state index contributed by atoms with van der Waals surface area (Å²) in [4.78, 5) is 29.4. The van der Waals surface area contributed by atoms with Crippen LogP contribution in [0.2, 0.25) is 0 Å². The molecule has 1 aliphatic heterocycles. The first-order chi connectivity index (χ1) is 12.9. The molecule has 0 unspecified atom stereocenters. The number of methoxy groups -OCH3 is 1. The zero-order valence-corrected chi connectivity index (χ0v) is 17.0. The van der Waals surface area contributed by atoms with Crippen LogP contribution in [0.3, 0.4) is 0 Å². The molecule has 27 heavy (non-hydrogen) atoms. The Balaban J connectivity index is 1.56. The number of rotatable bonds is 6. The quantitative estimate of drug-likeness (QED) is 0.772. The minimum absolute atomic E-state index is 0.0548. The molecule has 2 fully saturated rings. The van der Waals surface area contributed by atoms with Gasteiger partial charge >= 0.3 is 0 Å². The fourth-order valence-electron chi connectivity index (χ4n) is 4.07. The number of amides is 2. The highest BCUT2D eigenvalue weighted by molar-refractivity contribution is 5.94. The molecular weight excluding hydrogens is 340 g/mol. The van der Waals surface area contributed by atoms with Crippen LogP contribution in [0, 0.1) is 17.8 Å². The molecule has 1 aromatic carbocycles. The van der Waals surface area contributed by atoms with E-state index in [1.54, 1.807) is 7.11 Å². The number of ether oxygens (including phenoxy) is 1. The maximum Gasteiger partial charge on any atom is 0.253 e.